The highest BCUT2D eigenvalue weighted by Crippen LogP contribution is 2.41. The molecule has 50 heavy (non-hydrogen) atoms. The van der Waals surface area contributed by atoms with E-state index in [1.54, 1.807) is 60.8 Å². The maximum Gasteiger partial charge on any atom is 0.303 e. The minimum atomic E-state index is -0.847. The van der Waals surface area contributed by atoms with Crippen molar-refractivity contribution >= 4 is 58.3 Å². The Morgan fingerprint density at radius 3 is 2.14 bits per heavy atom. The molecule has 0 aliphatic rings. The van der Waals surface area contributed by atoms with Crippen LogP contribution in [0.25, 0.3) is 11.1 Å². The number of nitrogens with zero attached hydrogens (tertiary/aromatic N) is 2. The quantitative estimate of drug-likeness (QED) is 0.0636. The second-order valence-corrected chi connectivity index (χ2v) is 12.2. The fraction of sp³-hybridized carbons (Fsp3) is 0.286. The van der Waals surface area contributed by atoms with Crippen LogP contribution < -0.4 is 25.4 Å². The molecule has 2 aromatic carbocycles. The number of hydrogen-bond donors (Lipinski definition) is 5. The van der Waals surface area contributed by atoms with E-state index < -0.39 is 17.8 Å². The molecule has 0 spiro atoms. The molecule has 0 aliphatic carbocycles. The number of halogens is 3. The van der Waals surface area contributed by atoms with Gasteiger partial charge in [0.1, 0.15) is 23.7 Å². The van der Waals surface area contributed by atoms with Crippen LogP contribution in [0.2, 0.25) is 15.1 Å². The lowest BCUT2D eigenvalue weighted by Gasteiger charge is -2.16. The summed E-state index contributed by atoms with van der Waals surface area (Å²) in [6, 6.07) is 15.5. The van der Waals surface area contributed by atoms with Gasteiger partial charge in [-0.25, -0.2) is 4.98 Å². The zero-order valence-corrected chi connectivity index (χ0v) is 29.4. The van der Waals surface area contributed by atoms with E-state index in [0.717, 1.165) is 5.56 Å². The largest absolute Gasteiger partial charge is 0.486 e. The molecular formula is C35H36Cl3N5O7. The Bertz CT molecular complexity index is 1810. The first kappa shape index (κ1) is 38.3. The Kier molecular flexibility index (Phi) is 14.6. The third kappa shape index (κ3) is 11.0. The van der Waals surface area contributed by atoms with Gasteiger partial charge in [-0.05, 0) is 55.8 Å². The number of pyridine rings is 2. The summed E-state index contributed by atoms with van der Waals surface area (Å²) in [6.07, 6.45) is 2.76. The highest BCUT2D eigenvalue weighted by molar-refractivity contribution is 6.39. The molecule has 0 saturated heterocycles. The molecule has 2 heterocycles. The third-order valence-electron chi connectivity index (χ3n) is 7.34. The predicted octanol–water partition coefficient (Wildman–Crippen LogP) is 6.85. The van der Waals surface area contributed by atoms with Crippen LogP contribution in [0.4, 0.5) is 5.69 Å². The lowest BCUT2D eigenvalue weighted by atomic mass is 10.0. The fourth-order valence-electron chi connectivity index (χ4n) is 4.80. The Morgan fingerprint density at radius 2 is 1.50 bits per heavy atom. The summed E-state index contributed by atoms with van der Waals surface area (Å²) in [5.74, 6) is -1.42. The van der Waals surface area contributed by atoms with Crippen molar-refractivity contribution in [3.05, 3.63) is 98.4 Å². The number of aromatic nitrogens is 2. The molecular weight excluding hydrogens is 709 g/mol. The molecule has 0 atom stereocenters. The van der Waals surface area contributed by atoms with Crippen molar-refractivity contribution in [3.63, 3.8) is 0 Å². The molecule has 0 unspecified atom stereocenters. The lowest BCUT2D eigenvalue weighted by Crippen LogP contribution is -2.17. The number of nitrogens with one attached hydrogen (secondary N) is 3. The first-order valence-corrected chi connectivity index (χ1v) is 16.7. The smallest absolute Gasteiger partial charge is 0.303 e. The highest BCUT2D eigenvalue weighted by Gasteiger charge is 2.18. The van der Waals surface area contributed by atoms with E-state index in [1.165, 1.54) is 7.11 Å². The lowest BCUT2D eigenvalue weighted by molar-refractivity contribution is -0.138. The number of anilines is 1. The molecule has 15 heteroatoms. The molecule has 4 aromatic rings. The predicted molar refractivity (Wildman–Crippen MR) is 191 cm³/mol. The summed E-state index contributed by atoms with van der Waals surface area (Å²) in [6.45, 7) is 1.93. The summed E-state index contributed by atoms with van der Waals surface area (Å²) in [4.78, 5) is 43.2. The van der Waals surface area contributed by atoms with Crippen LogP contribution in [0, 0.1) is 0 Å². The van der Waals surface area contributed by atoms with Crippen molar-refractivity contribution in [1.82, 2.24) is 20.6 Å². The van der Waals surface area contributed by atoms with Gasteiger partial charge >= 0.3 is 11.9 Å². The number of carboxylic acids is 2. The van der Waals surface area contributed by atoms with E-state index in [-0.39, 0.29) is 35.2 Å². The summed E-state index contributed by atoms with van der Waals surface area (Å²) in [7, 11) is 1.50. The van der Waals surface area contributed by atoms with Crippen LogP contribution in [0.3, 0.4) is 0 Å². The minimum Gasteiger partial charge on any atom is -0.486 e. The summed E-state index contributed by atoms with van der Waals surface area (Å²) < 4.78 is 11.5. The molecule has 0 aliphatic heterocycles. The Balaban J connectivity index is 1.40. The number of methoxy groups -OCH3 is 1. The van der Waals surface area contributed by atoms with Gasteiger partial charge in [0.2, 0.25) is 5.88 Å². The molecule has 0 radical (unpaired) electrons. The second-order valence-electron chi connectivity index (χ2n) is 11.0. The molecule has 2 aromatic heterocycles. The van der Waals surface area contributed by atoms with Gasteiger partial charge in [0.05, 0.1) is 27.9 Å². The van der Waals surface area contributed by atoms with Crippen LogP contribution in [0.1, 0.15) is 53.0 Å². The SMILES string of the molecule is COc1nc(COc2cccc(-c3cccc(NC(=O)c4ccc(CNCCCC(=O)O)cn4)c3Cl)c2Cl)c(Cl)cc1CNCCCC(=O)O. The maximum atomic E-state index is 13.0. The summed E-state index contributed by atoms with van der Waals surface area (Å²) in [5, 5.41) is 27.6. The van der Waals surface area contributed by atoms with E-state index in [4.69, 9.17) is 54.5 Å². The van der Waals surface area contributed by atoms with Gasteiger partial charge < -0.3 is 35.6 Å². The van der Waals surface area contributed by atoms with E-state index >= 15 is 0 Å². The molecule has 1 amide bonds. The first-order chi connectivity index (χ1) is 24.1. The van der Waals surface area contributed by atoms with Crippen molar-refractivity contribution < 1.29 is 34.1 Å². The monoisotopic (exact) mass is 743 g/mol. The van der Waals surface area contributed by atoms with Crippen molar-refractivity contribution in [2.75, 3.05) is 25.5 Å². The molecule has 5 N–H and O–H groups in total. The van der Waals surface area contributed by atoms with E-state index in [1.807, 2.05) is 0 Å². The van der Waals surface area contributed by atoms with Crippen molar-refractivity contribution in [1.29, 1.82) is 0 Å². The standard InChI is InChI=1S/C35H36Cl3N5O7/c1-49-35-22(19-40-15-5-11-31(46)47)16-25(36)28(43-35)20-50-29-9-3-7-24(33(29)38)23-6-2-8-26(32(23)37)42-34(48)27-13-12-21(18-41-27)17-39-14-4-10-30(44)45/h2-3,6-9,12-13,16,18,39-40H,4-5,10-11,14-15,17,19-20H2,1H3,(H,42,48)(H,44,45)(H,46,47). The average molecular weight is 745 g/mol. The number of hydrogen-bond acceptors (Lipinski definition) is 9. The number of ether oxygens (including phenoxy) is 2. The fourth-order valence-corrected chi connectivity index (χ4v) is 5.58. The first-order valence-electron chi connectivity index (χ1n) is 15.6. The van der Waals surface area contributed by atoms with Gasteiger partial charge in [-0.1, -0.05) is 65.1 Å². The van der Waals surface area contributed by atoms with Gasteiger partial charge in [0, 0.05) is 48.8 Å². The number of aliphatic carboxylic acids is 2. The topological polar surface area (TPSA) is 172 Å². The highest BCUT2D eigenvalue weighted by atomic mass is 35.5. The van der Waals surface area contributed by atoms with Crippen LogP contribution in [-0.4, -0.2) is 58.2 Å². The minimum absolute atomic E-state index is 0.0128. The van der Waals surface area contributed by atoms with Crippen molar-refractivity contribution in [2.45, 2.75) is 45.4 Å². The van der Waals surface area contributed by atoms with Gasteiger partial charge in [0.15, 0.2) is 0 Å². The van der Waals surface area contributed by atoms with Gasteiger partial charge in [-0.15, -0.1) is 0 Å². The number of rotatable bonds is 19. The van der Waals surface area contributed by atoms with Gasteiger partial charge in [-0.2, -0.15) is 0 Å². The number of carbonyl (C=O) groups excluding carboxylic acids is 1. The van der Waals surface area contributed by atoms with E-state index in [9.17, 15) is 14.4 Å². The van der Waals surface area contributed by atoms with E-state index in [0.29, 0.717) is 83.7 Å². The number of amides is 1. The molecule has 4 rings (SSSR count). The number of benzene rings is 2. The Hall–Kier alpha value is -4.46. The number of carboxylic acid groups (broad SMARTS) is 2. The third-order valence-corrected chi connectivity index (χ3v) is 8.46. The second kappa shape index (κ2) is 19.1. The molecule has 0 fully saturated rings. The van der Waals surface area contributed by atoms with Crippen LogP contribution in [0.15, 0.2) is 60.8 Å². The van der Waals surface area contributed by atoms with Crippen LogP contribution >= 0.6 is 34.8 Å². The average Bonchev–Trinajstić information content (AvgIpc) is 3.09. The summed E-state index contributed by atoms with van der Waals surface area (Å²) >= 11 is 20.1. The normalized spacial score (nSPS) is 10.9. The Morgan fingerprint density at radius 1 is 0.840 bits per heavy atom. The Labute approximate surface area is 304 Å². The maximum absolute atomic E-state index is 13.0. The van der Waals surface area contributed by atoms with Crippen LogP contribution in [0.5, 0.6) is 11.6 Å². The zero-order chi connectivity index (χ0) is 36.0. The van der Waals surface area contributed by atoms with E-state index in [2.05, 4.69) is 25.9 Å². The summed E-state index contributed by atoms with van der Waals surface area (Å²) in [5.41, 5.74) is 3.68. The molecule has 264 valence electrons. The number of carbonyl (C=O) groups is 3. The van der Waals surface area contributed by atoms with Crippen molar-refractivity contribution in [3.8, 4) is 22.8 Å². The molecule has 0 saturated carbocycles. The zero-order valence-electron chi connectivity index (χ0n) is 27.1. The van der Waals surface area contributed by atoms with Gasteiger partial charge in [-0.3, -0.25) is 19.4 Å². The molecule has 0 bridgehead atoms. The molecule has 12 nitrogen and oxygen atoms in total. The van der Waals surface area contributed by atoms with Gasteiger partial charge in [0.25, 0.3) is 5.91 Å². The van der Waals surface area contributed by atoms with Crippen LogP contribution in [-0.2, 0) is 29.3 Å². The van der Waals surface area contributed by atoms with Crippen molar-refractivity contribution in [2.24, 2.45) is 0 Å².